The number of carbonyl (C=O) groups is 1. The van der Waals surface area contributed by atoms with E-state index < -0.39 is 0 Å². The summed E-state index contributed by atoms with van der Waals surface area (Å²) in [6.07, 6.45) is 5.71. The molecule has 0 aliphatic rings. The van der Waals surface area contributed by atoms with Gasteiger partial charge in [-0.25, -0.2) is 0 Å². The maximum Gasteiger partial charge on any atom is 0.139 e. The summed E-state index contributed by atoms with van der Waals surface area (Å²) < 4.78 is 0. The third kappa shape index (κ3) is 3.94. The molecule has 0 radical (unpaired) electrons. The zero-order chi connectivity index (χ0) is 8.74. The second-order valence-electron chi connectivity index (χ2n) is 2.97. The van der Waals surface area contributed by atoms with E-state index >= 15 is 0 Å². The van der Waals surface area contributed by atoms with Crippen LogP contribution in [0.2, 0.25) is 0 Å². The lowest BCUT2D eigenvalue weighted by atomic mass is 9.97. The van der Waals surface area contributed by atoms with E-state index in [0.717, 1.165) is 25.5 Å². The predicted octanol–water partition coefficient (Wildman–Crippen LogP) is 1.52. The lowest BCUT2D eigenvalue weighted by Crippen LogP contribution is -2.41. The highest BCUT2D eigenvalue weighted by Gasteiger charge is 2.18. The van der Waals surface area contributed by atoms with Crippen molar-refractivity contribution < 1.29 is 4.79 Å². The number of hydrogen-bond donors (Lipinski definition) is 1. The topological polar surface area (TPSA) is 29.1 Å². The fourth-order valence-electron chi connectivity index (χ4n) is 0.856. The zero-order valence-electron chi connectivity index (χ0n) is 7.39. The average molecular weight is 155 g/mol. The maximum absolute atomic E-state index is 10.6. The van der Waals surface area contributed by atoms with Crippen molar-refractivity contribution in [2.24, 2.45) is 0 Å². The first kappa shape index (κ1) is 10.4. The molecule has 0 heterocycles. The molecule has 0 aliphatic heterocycles. The van der Waals surface area contributed by atoms with Gasteiger partial charge in [-0.15, -0.1) is 6.58 Å². The van der Waals surface area contributed by atoms with Crippen LogP contribution in [0.4, 0.5) is 0 Å². The van der Waals surface area contributed by atoms with Crippen molar-refractivity contribution in [3.63, 3.8) is 0 Å². The van der Waals surface area contributed by atoms with Crippen molar-refractivity contribution >= 4 is 6.29 Å². The zero-order valence-corrected chi connectivity index (χ0v) is 7.39. The van der Waals surface area contributed by atoms with Crippen molar-refractivity contribution in [1.29, 1.82) is 0 Å². The van der Waals surface area contributed by atoms with E-state index in [1.54, 1.807) is 0 Å². The number of hydrogen-bond acceptors (Lipinski definition) is 2. The minimum atomic E-state index is -0.344. The van der Waals surface area contributed by atoms with Crippen molar-refractivity contribution in [2.75, 3.05) is 7.05 Å². The molecule has 0 aromatic heterocycles. The number of nitrogens with one attached hydrogen (secondary N) is 1. The molecule has 64 valence electrons. The second-order valence-corrected chi connectivity index (χ2v) is 2.97. The van der Waals surface area contributed by atoms with E-state index in [1.807, 2.05) is 20.0 Å². The third-order valence-electron chi connectivity index (χ3n) is 1.94. The molecule has 0 aromatic rings. The van der Waals surface area contributed by atoms with E-state index in [4.69, 9.17) is 0 Å². The predicted molar refractivity (Wildman–Crippen MR) is 47.6 cm³/mol. The molecule has 0 aromatic carbocycles. The van der Waals surface area contributed by atoms with Gasteiger partial charge in [0.2, 0.25) is 0 Å². The van der Waals surface area contributed by atoms with Gasteiger partial charge in [0.25, 0.3) is 0 Å². The van der Waals surface area contributed by atoms with Gasteiger partial charge in [0.05, 0.1) is 5.54 Å². The number of aldehydes is 1. The molecule has 0 spiro atoms. The van der Waals surface area contributed by atoms with E-state index in [2.05, 4.69) is 11.9 Å². The summed E-state index contributed by atoms with van der Waals surface area (Å²) in [5, 5.41) is 2.98. The summed E-state index contributed by atoms with van der Waals surface area (Å²) in [5.74, 6) is 0. The first-order valence-corrected chi connectivity index (χ1v) is 3.94. The van der Waals surface area contributed by atoms with Gasteiger partial charge in [-0.3, -0.25) is 0 Å². The monoisotopic (exact) mass is 155 g/mol. The van der Waals surface area contributed by atoms with Crippen LogP contribution in [-0.4, -0.2) is 18.9 Å². The minimum Gasteiger partial charge on any atom is -0.308 e. The van der Waals surface area contributed by atoms with Gasteiger partial charge < -0.3 is 10.1 Å². The highest BCUT2D eigenvalue weighted by atomic mass is 16.1. The van der Waals surface area contributed by atoms with Gasteiger partial charge in [-0.1, -0.05) is 6.08 Å². The molecule has 2 nitrogen and oxygen atoms in total. The summed E-state index contributed by atoms with van der Waals surface area (Å²) >= 11 is 0. The summed E-state index contributed by atoms with van der Waals surface area (Å²) in [6, 6.07) is 0. The largest absolute Gasteiger partial charge is 0.308 e. The number of rotatable bonds is 6. The molecule has 1 N–H and O–H groups in total. The van der Waals surface area contributed by atoms with E-state index in [1.165, 1.54) is 0 Å². The van der Waals surface area contributed by atoms with Crippen LogP contribution in [0.1, 0.15) is 26.2 Å². The molecular weight excluding hydrogens is 138 g/mol. The Morgan fingerprint density at radius 2 is 2.27 bits per heavy atom. The molecule has 0 fully saturated rings. The van der Waals surface area contributed by atoms with Crippen LogP contribution in [0.25, 0.3) is 0 Å². The lowest BCUT2D eigenvalue weighted by molar-refractivity contribution is -0.112. The van der Waals surface area contributed by atoms with Crippen molar-refractivity contribution in [3.8, 4) is 0 Å². The molecule has 0 aliphatic carbocycles. The molecule has 0 rings (SSSR count). The summed E-state index contributed by atoms with van der Waals surface area (Å²) in [4.78, 5) is 10.6. The van der Waals surface area contributed by atoms with Gasteiger partial charge in [-0.2, -0.15) is 0 Å². The Kier molecular flexibility index (Phi) is 4.79. The first-order chi connectivity index (χ1) is 5.18. The van der Waals surface area contributed by atoms with Gasteiger partial charge in [0.1, 0.15) is 6.29 Å². The Hall–Kier alpha value is -0.630. The molecule has 0 saturated heterocycles. The van der Waals surface area contributed by atoms with Crippen molar-refractivity contribution in [1.82, 2.24) is 5.32 Å². The summed E-state index contributed by atoms with van der Waals surface area (Å²) in [6.45, 7) is 5.53. The standard InChI is InChI=1S/C9H17NO/c1-4-5-6-7-9(2,8-11)10-3/h4,8,10H,1,5-7H2,2-3H3. The highest BCUT2D eigenvalue weighted by Crippen LogP contribution is 2.10. The Morgan fingerprint density at radius 1 is 1.64 bits per heavy atom. The van der Waals surface area contributed by atoms with Gasteiger partial charge in [0.15, 0.2) is 0 Å². The van der Waals surface area contributed by atoms with Crippen LogP contribution in [0.15, 0.2) is 12.7 Å². The van der Waals surface area contributed by atoms with E-state index in [-0.39, 0.29) is 5.54 Å². The van der Waals surface area contributed by atoms with Gasteiger partial charge in [-0.05, 0) is 33.2 Å². The summed E-state index contributed by atoms with van der Waals surface area (Å²) in [7, 11) is 1.81. The van der Waals surface area contributed by atoms with Crippen LogP contribution in [0, 0.1) is 0 Å². The molecular formula is C9H17NO. The average Bonchev–Trinajstić information content (AvgIpc) is 2.05. The first-order valence-electron chi connectivity index (χ1n) is 3.94. The van der Waals surface area contributed by atoms with Crippen LogP contribution in [-0.2, 0) is 4.79 Å². The number of allylic oxidation sites excluding steroid dienone is 1. The smallest absolute Gasteiger partial charge is 0.139 e. The van der Waals surface area contributed by atoms with Crippen molar-refractivity contribution in [2.45, 2.75) is 31.7 Å². The molecule has 2 heteroatoms. The molecule has 0 amide bonds. The number of carbonyl (C=O) groups excluding carboxylic acids is 1. The maximum atomic E-state index is 10.6. The van der Waals surface area contributed by atoms with Crippen LogP contribution in [0.5, 0.6) is 0 Å². The van der Waals surface area contributed by atoms with Crippen LogP contribution in [0.3, 0.4) is 0 Å². The number of unbranched alkanes of at least 4 members (excludes halogenated alkanes) is 1. The molecule has 1 unspecified atom stereocenters. The second kappa shape index (κ2) is 5.08. The third-order valence-corrected chi connectivity index (χ3v) is 1.94. The normalized spacial score (nSPS) is 15.5. The fourth-order valence-corrected chi connectivity index (χ4v) is 0.856. The van der Waals surface area contributed by atoms with Crippen molar-refractivity contribution in [3.05, 3.63) is 12.7 Å². The fraction of sp³-hybridized carbons (Fsp3) is 0.667. The molecule has 11 heavy (non-hydrogen) atoms. The van der Waals surface area contributed by atoms with Gasteiger partial charge >= 0.3 is 0 Å². The minimum absolute atomic E-state index is 0.344. The molecule has 0 bridgehead atoms. The Morgan fingerprint density at radius 3 is 2.64 bits per heavy atom. The molecule has 1 atom stereocenters. The quantitative estimate of drug-likeness (QED) is 0.358. The SMILES string of the molecule is C=CCCCC(C)(C=O)NC. The summed E-state index contributed by atoms with van der Waals surface area (Å²) in [5.41, 5.74) is -0.344. The Balaban J connectivity index is 3.68. The van der Waals surface area contributed by atoms with Crippen LogP contribution >= 0.6 is 0 Å². The van der Waals surface area contributed by atoms with Gasteiger partial charge in [0, 0.05) is 0 Å². The highest BCUT2D eigenvalue weighted by molar-refractivity contribution is 5.63. The Bertz CT molecular complexity index is 134. The molecule has 0 saturated carbocycles. The number of likely N-dealkylation sites (N-methyl/N-ethyl adjacent to an activating group) is 1. The lowest BCUT2D eigenvalue weighted by Gasteiger charge is -2.21. The Labute approximate surface area is 68.7 Å². The van der Waals surface area contributed by atoms with E-state index in [9.17, 15) is 4.79 Å². The van der Waals surface area contributed by atoms with Crippen LogP contribution < -0.4 is 5.32 Å². The van der Waals surface area contributed by atoms with E-state index in [0.29, 0.717) is 0 Å².